The second-order valence-corrected chi connectivity index (χ2v) is 14.6. The van der Waals surface area contributed by atoms with Gasteiger partial charge in [-0.1, -0.05) is 86.8 Å². The number of hydrogen-bond donors (Lipinski definition) is 1. The molecule has 1 heteroatoms. The number of aliphatic hydroxyl groups is 1. The molecule has 0 saturated heterocycles. The first-order valence-corrected chi connectivity index (χ1v) is 14.2. The zero-order valence-electron chi connectivity index (χ0n) is 22.9. The minimum Gasteiger partial charge on any atom is -0.393 e. The summed E-state index contributed by atoms with van der Waals surface area (Å²) < 4.78 is 0. The van der Waals surface area contributed by atoms with Gasteiger partial charge in [0, 0.05) is 0 Å². The Morgan fingerprint density at radius 1 is 0.875 bits per heavy atom. The number of aliphatic hydroxyl groups excluding tert-OH is 1. The summed E-state index contributed by atoms with van der Waals surface area (Å²) in [5.74, 6) is 4.76. The second-order valence-electron chi connectivity index (χ2n) is 14.6. The molecule has 0 amide bonds. The predicted molar refractivity (Wildman–Crippen MR) is 137 cm³/mol. The summed E-state index contributed by atoms with van der Waals surface area (Å²) in [6, 6.07) is 0. The maximum absolute atomic E-state index is 10.8. The van der Waals surface area contributed by atoms with Crippen LogP contribution in [-0.2, 0) is 0 Å². The first kappa shape index (κ1) is 24.8. The first-order valence-electron chi connectivity index (χ1n) is 14.2. The van der Waals surface area contributed by atoms with Crippen molar-refractivity contribution in [1.29, 1.82) is 0 Å². The molecular weight excluding hydrogens is 388 g/mol. The van der Waals surface area contributed by atoms with E-state index in [4.69, 9.17) is 0 Å². The maximum Gasteiger partial charge on any atom is 0.0594 e. The van der Waals surface area contributed by atoms with Gasteiger partial charge in [-0.15, -0.1) is 0 Å². The molecule has 4 aliphatic carbocycles. The molecule has 4 aliphatic rings. The molecule has 1 nitrogen and oxygen atoms in total. The van der Waals surface area contributed by atoms with Crippen molar-refractivity contribution in [2.24, 2.45) is 57.2 Å². The Kier molecular flexibility index (Phi) is 6.31. The quantitative estimate of drug-likeness (QED) is 0.422. The molecule has 9 atom stereocenters. The molecule has 0 spiro atoms. The van der Waals surface area contributed by atoms with Crippen molar-refractivity contribution < 1.29 is 5.11 Å². The van der Waals surface area contributed by atoms with Gasteiger partial charge in [0.1, 0.15) is 0 Å². The van der Waals surface area contributed by atoms with Gasteiger partial charge in [-0.2, -0.15) is 0 Å². The fourth-order valence-corrected chi connectivity index (χ4v) is 9.73. The molecule has 0 aliphatic heterocycles. The fourth-order valence-electron chi connectivity index (χ4n) is 9.73. The van der Waals surface area contributed by atoms with Gasteiger partial charge in [-0.05, 0) is 102 Å². The van der Waals surface area contributed by atoms with Crippen molar-refractivity contribution in [1.82, 2.24) is 0 Å². The highest BCUT2D eigenvalue weighted by atomic mass is 16.3. The topological polar surface area (TPSA) is 20.2 Å². The van der Waals surface area contributed by atoms with Crippen LogP contribution < -0.4 is 0 Å². The lowest BCUT2D eigenvalue weighted by molar-refractivity contribution is -0.118. The maximum atomic E-state index is 10.8. The number of allylic oxidation sites excluding steroid dienone is 2. The summed E-state index contributed by atoms with van der Waals surface area (Å²) in [6.45, 7) is 22.5. The Balaban J connectivity index is 1.60. The van der Waals surface area contributed by atoms with Crippen molar-refractivity contribution in [2.45, 2.75) is 126 Å². The van der Waals surface area contributed by atoms with E-state index < -0.39 is 0 Å². The SMILES string of the molecule is CC(C)C(C)CCC(C)C1CCC2(C)C3CCC4C(C)(CCC(O)C4(C)C)C3=CCC12C. The van der Waals surface area contributed by atoms with Crippen molar-refractivity contribution >= 4 is 0 Å². The Labute approximate surface area is 200 Å². The molecule has 0 bridgehead atoms. The number of fused-ring (bicyclic) bond motifs is 5. The Morgan fingerprint density at radius 2 is 1.56 bits per heavy atom. The normalized spacial score (nSPS) is 47.3. The number of hydrogen-bond acceptors (Lipinski definition) is 1. The third-order valence-corrected chi connectivity index (χ3v) is 12.8. The van der Waals surface area contributed by atoms with Crippen LogP contribution in [0.15, 0.2) is 11.6 Å². The van der Waals surface area contributed by atoms with Crippen LogP contribution in [0, 0.1) is 57.2 Å². The van der Waals surface area contributed by atoms with Gasteiger partial charge in [-0.25, -0.2) is 0 Å². The van der Waals surface area contributed by atoms with Gasteiger partial charge in [0.15, 0.2) is 0 Å². The first-order chi connectivity index (χ1) is 14.8. The largest absolute Gasteiger partial charge is 0.393 e. The minimum atomic E-state index is -0.132. The highest BCUT2D eigenvalue weighted by Gasteiger charge is 2.65. The smallest absolute Gasteiger partial charge is 0.0594 e. The third kappa shape index (κ3) is 3.41. The molecule has 3 fully saturated rings. The molecule has 3 saturated carbocycles. The summed E-state index contributed by atoms with van der Waals surface area (Å²) in [7, 11) is 0. The van der Waals surface area contributed by atoms with Gasteiger partial charge in [0.25, 0.3) is 0 Å². The van der Waals surface area contributed by atoms with E-state index in [2.05, 4.69) is 68.4 Å². The van der Waals surface area contributed by atoms with Crippen LogP contribution in [0.3, 0.4) is 0 Å². The molecule has 0 heterocycles. The van der Waals surface area contributed by atoms with Crippen molar-refractivity contribution in [3.05, 3.63) is 11.6 Å². The third-order valence-electron chi connectivity index (χ3n) is 12.8. The Bertz CT molecular complexity index is 733. The van der Waals surface area contributed by atoms with Crippen LogP contribution in [0.1, 0.15) is 120 Å². The van der Waals surface area contributed by atoms with Crippen LogP contribution in [0.4, 0.5) is 0 Å². The lowest BCUT2D eigenvalue weighted by Crippen LogP contribution is -2.57. The van der Waals surface area contributed by atoms with Crippen molar-refractivity contribution in [2.75, 3.05) is 0 Å². The molecule has 0 aromatic heterocycles. The molecule has 1 N–H and O–H groups in total. The number of rotatable bonds is 5. The average molecular weight is 443 g/mol. The lowest BCUT2D eigenvalue weighted by Gasteiger charge is -2.64. The fraction of sp³-hybridized carbons (Fsp3) is 0.935. The summed E-state index contributed by atoms with van der Waals surface area (Å²) in [4.78, 5) is 0. The molecule has 0 aromatic carbocycles. The van der Waals surface area contributed by atoms with Crippen LogP contribution in [0.5, 0.6) is 0 Å². The van der Waals surface area contributed by atoms with Gasteiger partial charge in [-0.3, -0.25) is 0 Å². The van der Waals surface area contributed by atoms with Crippen LogP contribution in [0.2, 0.25) is 0 Å². The van der Waals surface area contributed by atoms with E-state index in [-0.39, 0.29) is 11.5 Å². The zero-order valence-corrected chi connectivity index (χ0v) is 22.9. The van der Waals surface area contributed by atoms with E-state index in [9.17, 15) is 5.11 Å². The highest BCUT2D eigenvalue weighted by Crippen LogP contribution is 2.73. The Hall–Kier alpha value is -0.300. The molecule has 9 unspecified atom stereocenters. The molecule has 0 radical (unpaired) electrons. The van der Waals surface area contributed by atoms with Crippen molar-refractivity contribution in [3.63, 3.8) is 0 Å². The second kappa shape index (κ2) is 8.13. The van der Waals surface area contributed by atoms with E-state index in [0.29, 0.717) is 22.2 Å². The van der Waals surface area contributed by atoms with E-state index >= 15 is 0 Å². The van der Waals surface area contributed by atoms with E-state index in [1.165, 1.54) is 51.4 Å². The van der Waals surface area contributed by atoms with E-state index in [1.807, 2.05) is 5.57 Å². The highest BCUT2D eigenvalue weighted by molar-refractivity contribution is 5.32. The Morgan fingerprint density at radius 3 is 2.22 bits per heavy atom. The van der Waals surface area contributed by atoms with E-state index in [0.717, 1.165) is 36.0 Å². The summed E-state index contributed by atoms with van der Waals surface area (Å²) in [5.41, 5.74) is 3.06. The van der Waals surface area contributed by atoms with E-state index in [1.54, 1.807) is 0 Å². The zero-order chi connectivity index (χ0) is 23.7. The summed E-state index contributed by atoms with van der Waals surface area (Å²) in [6.07, 6.45) is 14.4. The molecule has 184 valence electrons. The van der Waals surface area contributed by atoms with Crippen molar-refractivity contribution in [3.8, 4) is 0 Å². The summed E-state index contributed by atoms with van der Waals surface area (Å²) >= 11 is 0. The van der Waals surface area contributed by atoms with Gasteiger partial charge in [0.05, 0.1) is 6.10 Å². The standard InChI is InChI=1S/C31H54O/c1-20(2)21(3)10-11-22(4)23-14-18-31(9)25-12-13-26-28(5,6)27(32)16-17-29(26,7)24(25)15-19-30(23,31)8/h15,20-23,25-27,32H,10-14,16-19H2,1-9H3. The van der Waals surface area contributed by atoms with Gasteiger partial charge < -0.3 is 5.11 Å². The molecule has 4 rings (SSSR count). The van der Waals surface area contributed by atoms with Gasteiger partial charge >= 0.3 is 0 Å². The monoisotopic (exact) mass is 442 g/mol. The molecule has 32 heavy (non-hydrogen) atoms. The van der Waals surface area contributed by atoms with Crippen LogP contribution >= 0.6 is 0 Å². The molecular formula is C31H54O. The lowest BCUT2D eigenvalue weighted by atomic mass is 9.41. The van der Waals surface area contributed by atoms with Crippen LogP contribution in [-0.4, -0.2) is 11.2 Å². The predicted octanol–water partition coefficient (Wildman–Crippen LogP) is 8.66. The molecule has 0 aromatic rings. The van der Waals surface area contributed by atoms with Gasteiger partial charge in [0.2, 0.25) is 0 Å². The minimum absolute atomic E-state index is 0.0420. The summed E-state index contributed by atoms with van der Waals surface area (Å²) in [5, 5.41) is 10.8. The van der Waals surface area contributed by atoms with Crippen LogP contribution in [0.25, 0.3) is 0 Å². The average Bonchev–Trinajstić information content (AvgIpc) is 3.00.